The number of nitrogens with one attached hydrogen (secondary N) is 1. The van der Waals surface area contributed by atoms with Gasteiger partial charge in [-0.2, -0.15) is 0 Å². The predicted molar refractivity (Wildman–Crippen MR) is 104 cm³/mol. The predicted octanol–water partition coefficient (Wildman–Crippen LogP) is 2.55. The number of aromatic nitrogens is 3. The Morgan fingerprint density at radius 2 is 1.96 bits per heavy atom. The van der Waals surface area contributed by atoms with Gasteiger partial charge in [-0.25, -0.2) is 15.0 Å². The third kappa shape index (κ3) is 3.22. The fourth-order valence-corrected chi connectivity index (χ4v) is 3.91. The number of hydrogen-bond acceptors (Lipinski definition) is 8. The van der Waals surface area contributed by atoms with Crippen molar-refractivity contribution in [3.63, 3.8) is 0 Å². The highest BCUT2D eigenvalue weighted by Crippen LogP contribution is 2.32. The molecular weight excluding hydrogens is 334 g/mol. The fourth-order valence-electron chi connectivity index (χ4n) is 3.04. The second-order valence-electron chi connectivity index (χ2n) is 5.99. The summed E-state index contributed by atoms with van der Waals surface area (Å²) in [6.07, 6.45) is 1.56. The number of para-hydroxylation sites is 1. The molecule has 7 nitrogen and oxygen atoms in total. The van der Waals surface area contributed by atoms with Gasteiger partial charge in [0.1, 0.15) is 12.0 Å². The van der Waals surface area contributed by atoms with E-state index in [0.717, 1.165) is 53.9 Å². The lowest BCUT2D eigenvalue weighted by Gasteiger charge is -2.35. The minimum atomic E-state index is 0.576. The van der Waals surface area contributed by atoms with Crippen molar-refractivity contribution in [2.75, 3.05) is 48.7 Å². The highest BCUT2D eigenvalue weighted by Gasteiger charge is 2.20. The van der Waals surface area contributed by atoms with Crippen molar-refractivity contribution in [3.05, 3.63) is 30.6 Å². The maximum atomic E-state index is 6.36. The first-order valence-corrected chi connectivity index (χ1v) is 9.26. The number of nitrogens with two attached hydrogens (primary N) is 1. The Morgan fingerprint density at radius 1 is 1.16 bits per heavy atom. The van der Waals surface area contributed by atoms with Gasteiger partial charge >= 0.3 is 0 Å². The smallest absolute Gasteiger partial charge is 0.189 e. The Hall–Kier alpha value is -2.45. The van der Waals surface area contributed by atoms with E-state index in [9.17, 15) is 0 Å². The topological polar surface area (TPSA) is 83.2 Å². The van der Waals surface area contributed by atoms with Gasteiger partial charge in [0.15, 0.2) is 16.8 Å². The monoisotopic (exact) mass is 355 g/mol. The minimum Gasteiger partial charge on any atom is -0.393 e. The van der Waals surface area contributed by atoms with Gasteiger partial charge < -0.3 is 20.9 Å². The second-order valence-corrected chi connectivity index (χ2v) is 7.02. The molecule has 2 aromatic heterocycles. The summed E-state index contributed by atoms with van der Waals surface area (Å²) >= 11 is 1.59. The van der Waals surface area contributed by atoms with Gasteiger partial charge in [0.2, 0.25) is 0 Å². The second kappa shape index (κ2) is 6.81. The molecular formula is C17H21N7S. The van der Waals surface area contributed by atoms with Crippen LogP contribution in [0.15, 0.2) is 30.6 Å². The maximum Gasteiger partial charge on any atom is 0.189 e. The maximum absolute atomic E-state index is 6.36. The lowest BCUT2D eigenvalue weighted by atomic mass is 10.3. The van der Waals surface area contributed by atoms with Gasteiger partial charge in [-0.3, -0.25) is 0 Å². The van der Waals surface area contributed by atoms with Crippen molar-refractivity contribution in [1.29, 1.82) is 0 Å². The number of rotatable bonds is 4. The number of nitrogen functional groups attached to an aromatic ring is 1. The molecule has 3 N–H and O–H groups in total. The molecule has 0 unspecified atom stereocenters. The van der Waals surface area contributed by atoms with Crippen LogP contribution in [0.25, 0.3) is 10.2 Å². The summed E-state index contributed by atoms with van der Waals surface area (Å²) in [5.41, 5.74) is 7.90. The van der Waals surface area contributed by atoms with Crippen molar-refractivity contribution in [2.45, 2.75) is 6.92 Å². The highest BCUT2D eigenvalue weighted by atomic mass is 32.1. The summed E-state index contributed by atoms with van der Waals surface area (Å²) in [7, 11) is 0. The quantitative estimate of drug-likeness (QED) is 0.744. The van der Waals surface area contributed by atoms with Crippen LogP contribution in [0.1, 0.15) is 6.92 Å². The first kappa shape index (κ1) is 16.0. The molecule has 1 aliphatic rings. The van der Waals surface area contributed by atoms with Crippen LogP contribution >= 0.6 is 11.3 Å². The zero-order valence-corrected chi connectivity index (χ0v) is 15.0. The number of fused-ring (bicyclic) bond motifs is 1. The summed E-state index contributed by atoms with van der Waals surface area (Å²) in [5, 5.41) is 4.04. The lowest BCUT2D eigenvalue weighted by Crippen LogP contribution is -2.46. The summed E-state index contributed by atoms with van der Waals surface area (Å²) in [5.74, 6) is 1.41. The first-order valence-electron chi connectivity index (χ1n) is 8.45. The third-order valence-corrected chi connectivity index (χ3v) is 5.45. The molecule has 25 heavy (non-hydrogen) atoms. The molecule has 0 bridgehead atoms. The number of hydrogen-bond donors (Lipinski definition) is 2. The Labute approximate surface area is 150 Å². The van der Waals surface area contributed by atoms with Crippen molar-refractivity contribution in [2.24, 2.45) is 0 Å². The molecule has 1 aliphatic heterocycles. The van der Waals surface area contributed by atoms with Gasteiger partial charge in [0.05, 0.1) is 10.2 Å². The largest absolute Gasteiger partial charge is 0.393 e. The minimum absolute atomic E-state index is 0.576. The van der Waals surface area contributed by atoms with Crippen LogP contribution in [0, 0.1) is 0 Å². The summed E-state index contributed by atoms with van der Waals surface area (Å²) in [6.45, 7) is 7.18. The normalized spacial score (nSPS) is 15.6. The Morgan fingerprint density at radius 3 is 2.72 bits per heavy atom. The summed E-state index contributed by atoms with van der Waals surface area (Å²) in [6, 6.07) is 8.05. The molecule has 130 valence electrons. The van der Waals surface area contributed by atoms with Crippen molar-refractivity contribution >= 4 is 44.0 Å². The van der Waals surface area contributed by atoms with Crippen LogP contribution in [0.3, 0.4) is 0 Å². The summed E-state index contributed by atoms with van der Waals surface area (Å²) in [4.78, 5) is 18.0. The van der Waals surface area contributed by atoms with Crippen LogP contribution in [0.4, 0.5) is 22.5 Å². The Bertz CT molecular complexity index is 837. The molecule has 0 amide bonds. The van der Waals surface area contributed by atoms with E-state index in [1.807, 2.05) is 18.2 Å². The number of anilines is 4. The van der Waals surface area contributed by atoms with Gasteiger partial charge in [-0.15, -0.1) is 0 Å². The average Bonchev–Trinajstić information content (AvgIpc) is 3.06. The molecule has 0 atom stereocenters. The van der Waals surface area contributed by atoms with E-state index >= 15 is 0 Å². The molecule has 4 rings (SSSR count). The fraction of sp³-hybridized carbons (Fsp3) is 0.353. The van der Waals surface area contributed by atoms with Crippen molar-refractivity contribution in [1.82, 2.24) is 19.9 Å². The highest BCUT2D eigenvalue weighted by molar-refractivity contribution is 7.22. The first-order chi connectivity index (χ1) is 12.2. The summed E-state index contributed by atoms with van der Waals surface area (Å²) < 4.78 is 1.13. The van der Waals surface area contributed by atoms with Crippen molar-refractivity contribution < 1.29 is 0 Å². The molecule has 1 fully saturated rings. The molecule has 3 aromatic rings. The third-order valence-electron chi connectivity index (χ3n) is 4.50. The standard InChI is InChI=1S/C17H21N7S/c1-2-23-7-9-24(10-8-23)16-14(18)15(19-11-20-16)22-17-21-12-5-3-4-6-13(12)25-17/h3-6,11H,2,7-10,18H2,1H3,(H,19,20,21,22). The molecule has 0 radical (unpaired) electrons. The van der Waals surface area contributed by atoms with Gasteiger partial charge in [-0.05, 0) is 18.7 Å². The molecule has 0 aliphatic carbocycles. The number of benzene rings is 1. The molecule has 0 spiro atoms. The Balaban J connectivity index is 1.56. The molecule has 1 saturated heterocycles. The van der Waals surface area contributed by atoms with Gasteiger partial charge in [0.25, 0.3) is 0 Å². The molecule has 0 saturated carbocycles. The van der Waals surface area contributed by atoms with Crippen molar-refractivity contribution in [3.8, 4) is 0 Å². The number of likely N-dealkylation sites (N-methyl/N-ethyl adjacent to an activating group) is 1. The average molecular weight is 355 g/mol. The van der Waals surface area contributed by atoms with Gasteiger partial charge in [0, 0.05) is 26.2 Å². The van der Waals surface area contributed by atoms with E-state index in [-0.39, 0.29) is 0 Å². The van der Waals surface area contributed by atoms with E-state index in [1.54, 1.807) is 17.7 Å². The van der Waals surface area contributed by atoms with Crippen LogP contribution in [0.2, 0.25) is 0 Å². The van der Waals surface area contributed by atoms with Crippen LogP contribution in [-0.4, -0.2) is 52.6 Å². The van der Waals surface area contributed by atoms with E-state index in [4.69, 9.17) is 5.73 Å². The SMILES string of the molecule is CCN1CCN(c2ncnc(Nc3nc4ccccc4s3)c2N)CC1. The number of nitrogens with zero attached hydrogens (tertiary/aromatic N) is 5. The van der Waals surface area contributed by atoms with E-state index in [1.165, 1.54) is 0 Å². The zero-order chi connectivity index (χ0) is 17.2. The number of thiazole rings is 1. The Kier molecular flexibility index (Phi) is 4.37. The van der Waals surface area contributed by atoms with E-state index in [0.29, 0.717) is 11.5 Å². The van der Waals surface area contributed by atoms with Gasteiger partial charge in [-0.1, -0.05) is 30.4 Å². The van der Waals surface area contributed by atoms with Crippen LogP contribution < -0.4 is 16.0 Å². The zero-order valence-electron chi connectivity index (χ0n) is 14.1. The molecule has 1 aromatic carbocycles. The molecule has 8 heteroatoms. The molecule has 3 heterocycles. The van der Waals surface area contributed by atoms with Crippen LogP contribution in [-0.2, 0) is 0 Å². The lowest BCUT2D eigenvalue weighted by molar-refractivity contribution is 0.270. The van der Waals surface area contributed by atoms with Crippen LogP contribution in [0.5, 0.6) is 0 Å². The van der Waals surface area contributed by atoms with E-state index in [2.05, 4.69) is 43.1 Å². The number of piperazine rings is 1. The van der Waals surface area contributed by atoms with E-state index < -0.39 is 0 Å².